The van der Waals surface area contributed by atoms with Crippen molar-refractivity contribution in [3.05, 3.63) is 52.5 Å². The van der Waals surface area contributed by atoms with Crippen molar-refractivity contribution in [3.63, 3.8) is 0 Å². The third-order valence-corrected chi connectivity index (χ3v) is 8.50. The zero-order valence-corrected chi connectivity index (χ0v) is 17.7. The summed E-state index contributed by atoms with van der Waals surface area (Å²) in [5.74, 6) is -0.422. The number of rotatable bonds is 5. The maximum atomic E-state index is 13.1. The Morgan fingerprint density at radius 1 is 1.07 bits per heavy atom. The molecular weight excluding hydrogens is 413 g/mol. The van der Waals surface area contributed by atoms with Crippen LogP contribution in [0.15, 0.2) is 46.7 Å². The first-order chi connectivity index (χ1) is 13.9. The molecule has 2 fully saturated rings. The van der Waals surface area contributed by atoms with Gasteiger partial charge in [-0.15, -0.1) is 11.3 Å². The first-order valence-electron chi connectivity index (χ1n) is 9.76. The van der Waals surface area contributed by atoms with E-state index in [1.54, 1.807) is 16.2 Å². The van der Waals surface area contributed by atoms with Gasteiger partial charge in [0.15, 0.2) is 0 Å². The highest BCUT2D eigenvalue weighted by molar-refractivity contribution is 7.89. The topological polar surface area (TPSA) is 60.9 Å². The second-order valence-electron chi connectivity index (χ2n) is 7.38. The molecule has 0 radical (unpaired) electrons. The molecule has 0 spiro atoms. The number of likely N-dealkylation sites (tertiary alicyclic amines) is 1. The monoisotopic (exact) mass is 437 g/mol. The maximum absolute atomic E-state index is 13.1. The van der Waals surface area contributed by atoms with Crippen LogP contribution >= 0.6 is 11.3 Å². The van der Waals surface area contributed by atoms with Gasteiger partial charge < -0.3 is 4.90 Å². The number of piperazine rings is 1. The number of hydrogen-bond donors (Lipinski definition) is 0. The van der Waals surface area contributed by atoms with Crippen molar-refractivity contribution in [3.8, 4) is 0 Å². The van der Waals surface area contributed by atoms with E-state index in [0.29, 0.717) is 25.7 Å². The molecule has 6 nitrogen and oxygen atoms in total. The fraction of sp³-hybridized carbons (Fsp3) is 0.450. The zero-order chi connectivity index (χ0) is 20.4. The van der Waals surface area contributed by atoms with Gasteiger partial charge in [-0.1, -0.05) is 6.07 Å². The molecule has 29 heavy (non-hydrogen) atoms. The minimum absolute atomic E-state index is 0.0484. The van der Waals surface area contributed by atoms with Crippen molar-refractivity contribution in [2.45, 2.75) is 23.8 Å². The molecule has 9 heteroatoms. The predicted octanol–water partition coefficient (Wildman–Crippen LogP) is 2.56. The smallest absolute Gasteiger partial charge is 0.243 e. The van der Waals surface area contributed by atoms with E-state index in [0.717, 1.165) is 31.5 Å². The quantitative estimate of drug-likeness (QED) is 0.721. The van der Waals surface area contributed by atoms with Gasteiger partial charge in [-0.25, -0.2) is 12.8 Å². The highest BCUT2D eigenvalue weighted by Gasteiger charge is 2.33. The summed E-state index contributed by atoms with van der Waals surface area (Å²) in [5, 5.41) is 2.06. The predicted molar refractivity (Wildman–Crippen MR) is 110 cm³/mol. The summed E-state index contributed by atoms with van der Waals surface area (Å²) in [6.45, 7) is 2.52. The van der Waals surface area contributed by atoms with Crippen LogP contribution in [0.2, 0.25) is 0 Å². The van der Waals surface area contributed by atoms with Crippen LogP contribution in [0.4, 0.5) is 4.39 Å². The first kappa shape index (κ1) is 20.5. The Kier molecular flexibility index (Phi) is 6.00. The number of nitrogens with zero attached hydrogens (tertiary/aromatic N) is 3. The van der Waals surface area contributed by atoms with E-state index in [1.165, 1.54) is 21.3 Å². The number of thiophene rings is 1. The molecule has 156 valence electrons. The van der Waals surface area contributed by atoms with Gasteiger partial charge in [0.25, 0.3) is 0 Å². The SMILES string of the molecule is O=C(CN1CCC[C@@H]1c1cccs1)N1CCN(S(=O)(=O)c2ccc(F)cc2)CC1. The summed E-state index contributed by atoms with van der Waals surface area (Å²) < 4.78 is 39.9. The summed E-state index contributed by atoms with van der Waals surface area (Å²) in [6.07, 6.45) is 2.15. The lowest BCUT2D eigenvalue weighted by Gasteiger charge is -2.35. The summed E-state index contributed by atoms with van der Waals surface area (Å²) in [7, 11) is -3.67. The number of halogens is 1. The van der Waals surface area contributed by atoms with Crippen LogP contribution in [-0.2, 0) is 14.8 Å². The van der Waals surface area contributed by atoms with E-state index in [2.05, 4.69) is 16.3 Å². The Balaban J connectivity index is 1.34. The summed E-state index contributed by atoms with van der Waals surface area (Å²) in [6, 6.07) is 9.31. The van der Waals surface area contributed by atoms with Gasteiger partial charge in [-0.2, -0.15) is 4.31 Å². The lowest BCUT2D eigenvalue weighted by atomic mass is 10.2. The van der Waals surface area contributed by atoms with Crippen LogP contribution in [0.5, 0.6) is 0 Å². The molecule has 0 unspecified atom stereocenters. The molecular formula is C20H24FN3O3S2. The Morgan fingerprint density at radius 3 is 2.45 bits per heavy atom. The normalized spacial score (nSPS) is 21.6. The number of benzene rings is 1. The van der Waals surface area contributed by atoms with Gasteiger partial charge >= 0.3 is 0 Å². The van der Waals surface area contributed by atoms with E-state index in [4.69, 9.17) is 0 Å². The Labute approximate surface area is 174 Å². The van der Waals surface area contributed by atoms with Crippen LogP contribution in [-0.4, -0.2) is 67.7 Å². The minimum Gasteiger partial charge on any atom is -0.339 e. The molecule has 1 atom stereocenters. The number of amides is 1. The zero-order valence-electron chi connectivity index (χ0n) is 16.0. The third kappa shape index (κ3) is 4.37. The van der Waals surface area contributed by atoms with Gasteiger partial charge in [-0.3, -0.25) is 9.69 Å². The average molecular weight is 438 g/mol. The average Bonchev–Trinajstić information content (AvgIpc) is 3.40. The second kappa shape index (κ2) is 8.51. The van der Waals surface area contributed by atoms with E-state index in [-0.39, 0.29) is 23.9 Å². The molecule has 0 saturated carbocycles. The summed E-state index contributed by atoms with van der Waals surface area (Å²) >= 11 is 1.72. The van der Waals surface area contributed by atoms with Crippen molar-refractivity contribution in [1.29, 1.82) is 0 Å². The summed E-state index contributed by atoms with van der Waals surface area (Å²) in [4.78, 5) is 18.2. The molecule has 0 aliphatic carbocycles. The van der Waals surface area contributed by atoms with Crippen LogP contribution in [0.1, 0.15) is 23.8 Å². The van der Waals surface area contributed by atoms with Crippen molar-refractivity contribution >= 4 is 27.3 Å². The Morgan fingerprint density at radius 2 is 1.79 bits per heavy atom. The molecule has 1 aromatic carbocycles. The van der Waals surface area contributed by atoms with Gasteiger partial charge in [0.2, 0.25) is 15.9 Å². The van der Waals surface area contributed by atoms with Crippen molar-refractivity contribution in [2.24, 2.45) is 0 Å². The van der Waals surface area contributed by atoms with Crippen LogP contribution < -0.4 is 0 Å². The lowest BCUT2D eigenvalue weighted by Crippen LogP contribution is -2.52. The molecule has 0 N–H and O–H groups in total. The van der Waals surface area contributed by atoms with E-state index < -0.39 is 15.8 Å². The molecule has 3 heterocycles. The fourth-order valence-corrected chi connectivity index (χ4v) is 6.34. The Bertz CT molecular complexity index is 940. The molecule has 1 aromatic heterocycles. The maximum Gasteiger partial charge on any atom is 0.243 e. The molecule has 4 rings (SSSR count). The first-order valence-corrected chi connectivity index (χ1v) is 12.1. The molecule has 2 aromatic rings. The highest BCUT2D eigenvalue weighted by Crippen LogP contribution is 2.34. The number of carbonyl (C=O) groups excluding carboxylic acids is 1. The lowest BCUT2D eigenvalue weighted by molar-refractivity contribution is -0.133. The second-order valence-corrected chi connectivity index (χ2v) is 10.3. The standard InChI is InChI=1S/C20H24FN3O3S2/c21-16-5-7-17(8-6-16)29(26,27)24-12-10-22(11-13-24)20(25)15-23-9-1-3-18(23)19-4-2-14-28-19/h2,4-8,14,18H,1,3,9-13,15H2/t18-/m1/s1. The number of carbonyl (C=O) groups is 1. The van der Waals surface area contributed by atoms with E-state index in [9.17, 15) is 17.6 Å². The van der Waals surface area contributed by atoms with Crippen molar-refractivity contribution in [2.75, 3.05) is 39.3 Å². The van der Waals surface area contributed by atoms with Gasteiger partial charge in [0.05, 0.1) is 11.4 Å². The van der Waals surface area contributed by atoms with Crippen molar-refractivity contribution in [1.82, 2.24) is 14.1 Å². The fourth-order valence-electron chi connectivity index (χ4n) is 4.03. The largest absolute Gasteiger partial charge is 0.339 e. The summed E-state index contributed by atoms with van der Waals surface area (Å²) in [5.41, 5.74) is 0. The number of sulfonamides is 1. The third-order valence-electron chi connectivity index (χ3n) is 5.62. The molecule has 2 aliphatic rings. The molecule has 2 aliphatic heterocycles. The van der Waals surface area contributed by atoms with Crippen LogP contribution in [0, 0.1) is 5.82 Å². The minimum atomic E-state index is -3.67. The van der Waals surface area contributed by atoms with Crippen LogP contribution in [0.3, 0.4) is 0 Å². The van der Waals surface area contributed by atoms with E-state index in [1.807, 2.05) is 6.07 Å². The van der Waals surface area contributed by atoms with Crippen LogP contribution in [0.25, 0.3) is 0 Å². The van der Waals surface area contributed by atoms with Gasteiger partial charge in [0, 0.05) is 37.1 Å². The van der Waals surface area contributed by atoms with Gasteiger partial charge in [0.1, 0.15) is 5.82 Å². The number of hydrogen-bond acceptors (Lipinski definition) is 5. The highest BCUT2D eigenvalue weighted by atomic mass is 32.2. The van der Waals surface area contributed by atoms with Crippen molar-refractivity contribution < 1.29 is 17.6 Å². The Hall–Kier alpha value is -1.81. The molecule has 1 amide bonds. The van der Waals surface area contributed by atoms with Gasteiger partial charge in [-0.05, 0) is 55.1 Å². The molecule has 2 saturated heterocycles. The van der Waals surface area contributed by atoms with E-state index >= 15 is 0 Å². The molecule has 0 bridgehead atoms.